The molecule has 0 aromatic rings. The molecule has 0 saturated carbocycles. The first kappa shape index (κ1) is 12.0. The number of carbonyl (C=O) groups is 1. The Hall–Kier alpha value is -2.03. The summed E-state index contributed by atoms with van der Waals surface area (Å²) in [5, 5.41) is 9.14. The molecule has 0 radical (unpaired) electrons. The van der Waals surface area contributed by atoms with Crippen LogP contribution in [0, 0.1) is 0 Å². The quantitative estimate of drug-likeness (QED) is 0.788. The third-order valence-corrected chi connectivity index (χ3v) is 1.95. The van der Waals surface area contributed by atoms with Crippen molar-refractivity contribution in [3.05, 3.63) is 42.5 Å². The van der Waals surface area contributed by atoms with E-state index in [1.165, 1.54) is 0 Å². The van der Waals surface area contributed by atoms with Crippen molar-refractivity contribution in [1.29, 1.82) is 0 Å². The van der Waals surface area contributed by atoms with Crippen molar-refractivity contribution in [3.8, 4) is 16.9 Å². The normalized spacial score (nSPS) is 9.06. The lowest BCUT2D eigenvalue weighted by atomic mass is 10.2. The zero-order valence-corrected chi connectivity index (χ0v) is 9.09. The molecule has 0 amide bonds. The summed E-state index contributed by atoms with van der Waals surface area (Å²) in [5.41, 5.74) is 2.15. The summed E-state index contributed by atoms with van der Waals surface area (Å²) < 4.78 is 4.15. The van der Waals surface area contributed by atoms with Gasteiger partial charge in [0.15, 0.2) is 0 Å². The van der Waals surface area contributed by atoms with Gasteiger partial charge in [-0.15, -0.1) is 0 Å². The van der Waals surface area contributed by atoms with Gasteiger partial charge in [0.25, 0.3) is 6.47 Å². The van der Waals surface area contributed by atoms with Crippen LogP contribution in [-0.4, -0.2) is 18.2 Å². The Morgan fingerprint density at radius 3 is 2.12 bits per heavy atom. The maximum atomic E-state index is 9.18. The summed E-state index contributed by atoms with van der Waals surface area (Å²) in [5.74, 6) is 0.339. The van der Waals surface area contributed by atoms with Gasteiger partial charge in [-0.25, -0.2) is 0 Å². The van der Waals surface area contributed by atoms with E-state index in [1.54, 1.807) is 19.1 Å². The molecule has 3 nitrogen and oxygen atoms in total. The summed E-state index contributed by atoms with van der Waals surface area (Å²) in [7, 11) is 0. The van der Waals surface area contributed by atoms with Crippen LogP contribution in [0.5, 0.6) is 5.75 Å². The maximum absolute atomic E-state index is 9.18. The molecule has 2 aliphatic rings. The van der Waals surface area contributed by atoms with Crippen molar-refractivity contribution in [2.45, 2.75) is 6.92 Å². The number of hydrogen-bond donors (Lipinski definition) is 1. The molecule has 1 N–H and O–H groups in total. The first-order valence-electron chi connectivity index (χ1n) is 5.01. The molecular formula is C13H14O3. The van der Waals surface area contributed by atoms with Gasteiger partial charge < -0.3 is 9.84 Å². The van der Waals surface area contributed by atoms with Crippen LogP contribution in [0.3, 0.4) is 0 Å². The first-order valence-corrected chi connectivity index (χ1v) is 5.01. The lowest BCUT2D eigenvalue weighted by Crippen LogP contribution is -1.80. The van der Waals surface area contributed by atoms with Crippen LogP contribution < -0.4 is 0 Å². The van der Waals surface area contributed by atoms with Gasteiger partial charge in [-0.05, 0) is 30.2 Å². The lowest BCUT2D eigenvalue weighted by molar-refractivity contribution is -0.128. The van der Waals surface area contributed by atoms with E-state index < -0.39 is 0 Å². The fraction of sp³-hybridized carbons (Fsp3) is 0.154. The molecule has 0 aromatic carbocycles. The van der Waals surface area contributed by atoms with E-state index in [-0.39, 0.29) is 0 Å². The highest BCUT2D eigenvalue weighted by molar-refractivity contribution is 5.69. The van der Waals surface area contributed by atoms with Crippen molar-refractivity contribution in [1.82, 2.24) is 0 Å². The Morgan fingerprint density at radius 2 is 1.75 bits per heavy atom. The van der Waals surface area contributed by atoms with Crippen molar-refractivity contribution < 1.29 is 14.6 Å². The van der Waals surface area contributed by atoms with Crippen molar-refractivity contribution >= 4 is 6.47 Å². The van der Waals surface area contributed by atoms with E-state index in [0.29, 0.717) is 18.8 Å². The van der Waals surface area contributed by atoms with Gasteiger partial charge >= 0.3 is 0 Å². The van der Waals surface area contributed by atoms with Crippen LogP contribution >= 0.6 is 0 Å². The zero-order chi connectivity index (χ0) is 11.8. The third kappa shape index (κ3) is 3.61. The first-order chi connectivity index (χ1) is 7.77. The lowest BCUT2D eigenvalue weighted by Gasteiger charge is -1.85. The topological polar surface area (TPSA) is 46.5 Å². The molecule has 3 heteroatoms. The molecule has 0 spiro atoms. The number of rotatable bonds is 2. The Kier molecular flexibility index (Phi) is 4.86. The minimum atomic E-state index is 0.339. The van der Waals surface area contributed by atoms with Gasteiger partial charge in [0.05, 0.1) is 6.61 Å². The monoisotopic (exact) mass is 218 g/mol. The second-order valence-corrected chi connectivity index (χ2v) is 3.09. The van der Waals surface area contributed by atoms with Gasteiger partial charge in [-0.3, -0.25) is 4.79 Å². The zero-order valence-electron chi connectivity index (χ0n) is 9.09. The van der Waals surface area contributed by atoms with E-state index in [1.807, 2.05) is 30.3 Å². The van der Waals surface area contributed by atoms with E-state index in [0.717, 1.165) is 11.1 Å². The summed E-state index contributed by atoms with van der Waals surface area (Å²) in [6.45, 7) is 2.66. The van der Waals surface area contributed by atoms with Crippen LogP contribution in [0.15, 0.2) is 42.5 Å². The van der Waals surface area contributed by atoms with E-state index in [4.69, 9.17) is 5.11 Å². The van der Waals surface area contributed by atoms with Crippen LogP contribution in [0.2, 0.25) is 0 Å². The number of carbonyl (C=O) groups excluding carboxylic acids is 1. The fourth-order valence-electron chi connectivity index (χ4n) is 1.27. The molecule has 0 fully saturated rings. The Bertz CT molecular complexity index is 381. The number of ether oxygens (including phenoxy) is 1. The number of hydrogen-bond acceptors (Lipinski definition) is 3. The van der Waals surface area contributed by atoms with Crippen LogP contribution in [0.25, 0.3) is 11.1 Å². The summed E-state index contributed by atoms with van der Waals surface area (Å²) in [6.07, 6.45) is 0. The third-order valence-electron chi connectivity index (χ3n) is 1.95. The van der Waals surface area contributed by atoms with Crippen molar-refractivity contribution in [2.24, 2.45) is 0 Å². The molecular weight excluding hydrogens is 204 g/mol. The molecule has 2 aliphatic carbocycles. The molecule has 0 aliphatic heterocycles. The van der Waals surface area contributed by atoms with Crippen molar-refractivity contribution in [3.63, 3.8) is 0 Å². The van der Waals surface area contributed by atoms with Crippen LogP contribution in [0.4, 0.5) is 0 Å². The highest BCUT2D eigenvalue weighted by atomic mass is 16.5. The highest BCUT2D eigenvalue weighted by Gasteiger charge is 2.01. The smallest absolute Gasteiger partial charge is 0.293 e. The Labute approximate surface area is 94.6 Å². The summed E-state index contributed by atoms with van der Waals surface area (Å²) in [4.78, 5) is 9.18. The molecule has 0 bridgehead atoms. The predicted molar refractivity (Wildman–Crippen MR) is 62.4 cm³/mol. The largest absolute Gasteiger partial charge is 0.508 e. The number of aromatic hydroxyl groups is 1. The summed E-state index contributed by atoms with van der Waals surface area (Å²) in [6, 6.07) is 13.4. The van der Waals surface area contributed by atoms with Crippen LogP contribution in [0.1, 0.15) is 6.92 Å². The summed E-state index contributed by atoms with van der Waals surface area (Å²) >= 11 is 0. The molecule has 16 heavy (non-hydrogen) atoms. The molecule has 0 aromatic heterocycles. The second kappa shape index (κ2) is 6.45. The van der Waals surface area contributed by atoms with Gasteiger partial charge in [-0.2, -0.15) is 0 Å². The molecule has 84 valence electrons. The SMILES string of the molecule is CCOC=O.Oc1cc2cccccc-2c1. The predicted octanol–water partition coefficient (Wildman–Crippen LogP) is 2.68. The van der Waals surface area contributed by atoms with Gasteiger partial charge in [0.1, 0.15) is 5.75 Å². The average Bonchev–Trinajstić information content (AvgIpc) is 2.47. The molecule has 0 saturated heterocycles. The van der Waals surface area contributed by atoms with E-state index in [9.17, 15) is 4.79 Å². The minimum absolute atomic E-state index is 0.339. The average molecular weight is 218 g/mol. The standard InChI is InChI=1S/C10H8O.C3H6O2/c11-10-6-8-4-2-1-3-5-9(8)7-10;1-2-5-3-4/h1-7,11H;3H,2H2,1H3. The maximum Gasteiger partial charge on any atom is 0.293 e. The minimum Gasteiger partial charge on any atom is -0.508 e. The highest BCUT2D eigenvalue weighted by Crippen LogP contribution is 2.28. The van der Waals surface area contributed by atoms with Gasteiger partial charge in [-0.1, -0.05) is 30.3 Å². The molecule has 0 heterocycles. The second-order valence-electron chi connectivity index (χ2n) is 3.09. The van der Waals surface area contributed by atoms with E-state index >= 15 is 0 Å². The Morgan fingerprint density at radius 1 is 1.19 bits per heavy atom. The molecule has 0 atom stereocenters. The number of fused-ring (bicyclic) bond motifs is 1. The van der Waals surface area contributed by atoms with Gasteiger partial charge in [0.2, 0.25) is 0 Å². The molecule has 0 unspecified atom stereocenters. The van der Waals surface area contributed by atoms with Gasteiger partial charge in [0, 0.05) is 0 Å². The van der Waals surface area contributed by atoms with E-state index in [2.05, 4.69) is 4.74 Å². The Balaban J connectivity index is 0.000000221. The van der Waals surface area contributed by atoms with Crippen LogP contribution in [-0.2, 0) is 9.53 Å². The molecule has 2 rings (SSSR count). The van der Waals surface area contributed by atoms with Crippen molar-refractivity contribution in [2.75, 3.05) is 6.61 Å². The fourth-order valence-corrected chi connectivity index (χ4v) is 1.27.